The van der Waals surface area contributed by atoms with Gasteiger partial charge in [-0.15, -0.1) is 12.6 Å². The molecule has 0 amide bonds. The molecule has 2 rings (SSSR count). The van der Waals surface area contributed by atoms with Crippen LogP contribution in [0.1, 0.15) is 18.4 Å². The summed E-state index contributed by atoms with van der Waals surface area (Å²) in [5.41, 5.74) is 0.836. The molecule has 0 bridgehead atoms. The average Bonchev–Trinajstić information content (AvgIpc) is 2.29. The van der Waals surface area contributed by atoms with Gasteiger partial charge in [0.2, 0.25) is 0 Å². The number of thiol groups is 1. The fraction of sp³-hybridized carbons (Fsp3) is 0.154. The van der Waals surface area contributed by atoms with Gasteiger partial charge in [-0.2, -0.15) is 0 Å². The molecule has 0 aliphatic carbocycles. The predicted octanol–water partition coefficient (Wildman–Crippen LogP) is 2.81. The summed E-state index contributed by atoms with van der Waals surface area (Å²) < 4.78 is 0. The Hall–Kier alpha value is -1.68. The Morgan fingerprint density at radius 3 is 2.29 bits per heavy atom. The second-order valence-electron chi connectivity index (χ2n) is 4.01. The van der Waals surface area contributed by atoms with Crippen molar-refractivity contribution in [3.05, 3.63) is 35.9 Å². The molecule has 0 aromatic heterocycles. The molecule has 2 aromatic carbocycles. The fourth-order valence-corrected chi connectivity index (χ4v) is 1.85. The van der Waals surface area contributed by atoms with Gasteiger partial charge in [0.15, 0.2) is 16.6 Å². The van der Waals surface area contributed by atoms with Crippen LogP contribution in [-0.2, 0) is 4.79 Å². The van der Waals surface area contributed by atoms with Crippen LogP contribution in [-0.4, -0.2) is 15.3 Å². The zero-order valence-electron chi connectivity index (χ0n) is 9.21. The topological polar surface area (TPSA) is 57.5 Å². The van der Waals surface area contributed by atoms with E-state index in [2.05, 4.69) is 12.6 Å². The van der Waals surface area contributed by atoms with E-state index >= 15 is 0 Å². The van der Waals surface area contributed by atoms with E-state index in [1.165, 1.54) is 12.1 Å². The Morgan fingerprint density at radius 2 is 1.71 bits per heavy atom. The van der Waals surface area contributed by atoms with Gasteiger partial charge < -0.3 is 10.2 Å². The number of phenols is 2. The van der Waals surface area contributed by atoms with Gasteiger partial charge in [-0.05, 0) is 28.5 Å². The minimum atomic E-state index is -0.293. The van der Waals surface area contributed by atoms with Gasteiger partial charge >= 0.3 is 0 Å². The number of phenolic OH excluding ortho intramolecular Hbond substituents is 2. The van der Waals surface area contributed by atoms with Crippen LogP contribution < -0.4 is 0 Å². The SMILES string of the molecule is CC(C(=O)S)c1ccc2cc(O)c(O)cc2c1. The summed E-state index contributed by atoms with van der Waals surface area (Å²) in [5, 5.41) is 20.2. The van der Waals surface area contributed by atoms with Crippen molar-refractivity contribution in [3.63, 3.8) is 0 Å². The van der Waals surface area contributed by atoms with Crippen molar-refractivity contribution in [2.24, 2.45) is 0 Å². The smallest absolute Gasteiger partial charge is 0.193 e. The Balaban J connectivity index is 2.57. The van der Waals surface area contributed by atoms with E-state index in [-0.39, 0.29) is 22.5 Å². The molecule has 0 saturated carbocycles. The number of hydrogen-bond donors (Lipinski definition) is 3. The molecule has 0 fully saturated rings. The summed E-state index contributed by atoms with van der Waals surface area (Å²) in [7, 11) is 0. The molecule has 88 valence electrons. The van der Waals surface area contributed by atoms with Crippen molar-refractivity contribution in [2.45, 2.75) is 12.8 Å². The third kappa shape index (κ3) is 2.22. The highest BCUT2D eigenvalue weighted by Gasteiger charge is 2.12. The molecule has 0 aliphatic heterocycles. The van der Waals surface area contributed by atoms with Crippen LogP contribution in [0.2, 0.25) is 0 Å². The average molecular weight is 248 g/mol. The van der Waals surface area contributed by atoms with Crippen LogP contribution in [0.3, 0.4) is 0 Å². The van der Waals surface area contributed by atoms with E-state index in [4.69, 9.17) is 0 Å². The highest BCUT2D eigenvalue weighted by atomic mass is 32.1. The zero-order valence-corrected chi connectivity index (χ0v) is 10.1. The van der Waals surface area contributed by atoms with Gasteiger partial charge in [-0.1, -0.05) is 25.1 Å². The van der Waals surface area contributed by atoms with Gasteiger partial charge in [0.25, 0.3) is 0 Å². The number of carbonyl (C=O) groups excluding carboxylic acids is 1. The Labute approximate surface area is 104 Å². The van der Waals surface area contributed by atoms with Crippen LogP contribution in [0, 0.1) is 0 Å². The van der Waals surface area contributed by atoms with Crippen LogP contribution in [0.25, 0.3) is 10.8 Å². The summed E-state index contributed by atoms with van der Waals surface area (Å²) in [6.07, 6.45) is 0. The molecule has 0 heterocycles. The number of fused-ring (bicyclic) bond motifs is 1. The lowest BCUT2D eigenvalue weighted by Crippen LogP contribution is -2.01. The first kappa shape index (κ1) is 11.8. The number of benzene rings is 2. The monoisotopic (exact) mass is 248 g/mol. The highest BCUT2D eigenvalue weighted by Crippen LogP contribution is 2.32. The van der Waals surface area contributed by atoms with E-state index in [1.807, 2.05) is 12.1 Å². The quantitative estimate of drug-likeness (QED) is 0.566. The van der Waals surface area contributed by atoms with Crippen molar-refractivity contribution in [1.29, 1.82) is 0 Å². The molecule has 1 unspecified atom stereocenters. The maximum Gasteiger partial charge on any atom is 0.193 e. The minimum absolute atomic E-state index is 0.149. The fourth-order valence-electron chi connectivity index (χ4n) is 1.70. The standard InChI is InChI=1S/C13H12O3S/c1-7(13(16)17)8-2-3-9-5-11(14)12(15)6-10(9)4-8/h2-7,14-15H,1H3,(H,16,17). The largest absolute Gasteiger partial charge is 0.504 e. The van der Waals surface area contributed by atoms with Crippen LogP contribution in [0.5, 0.6) is 11.5 Å². The van der Waals surface area contributed by atoms with Crippen molar-refractivity contribution in [3.8, 4) is 11.5 Å². The number of hydrogen-bond acceptors (Lipinski definition) is 3. The molecule has 1 atom stereocenters. The van der Waals surface area contributed by atoms with Crippen LogP contribution in [0.15, 0.2) is 30.3 Å². The van der Waals surface area contributed by atoms with Crippen LogP contribution >= 0.6 is 12.6 Å². The first-order valence-corrected chi connectivity index (χ1v) is 5.62. The third-order valence-electron chi connectivity index (χ3n) is 2.83. The van der Waals surface area contributed by atoms with E-state index in [9.17, 15) is 15.0 Å². The van der Waals surface area contributed by atoms with Gasteiger partial charge in [0, 0.05) is 0 Å². The normalized spacial score (nSPS) is 12.6. The Morgan fingerprint density at radius 1 is 1.12 bits per heavy atom. The number of carbonyl (C=O) groups is 1. The highest BCUT2D eigenvalue weighted by molar-refractivity contribution is 7.96. The molecule has 4 heteroatoms. The molecule has 17 heavy (non-hydrogen) atoms. The van der Waals surface area contributed by atoms with Gasteiger partial charge in [0.1, 0.15) is 0 Å². The predicted molar refractivity (Wildman–Crippen MR) is 69.7 cm³/mol. The zero-order chi connectivity index (χ0) is 12.6. The lowest BCUT2D eigenvalue weighted by atomic mass is 9.98. The number of aromatic hydroxyl groups is 2. The molecule has 0 aliphatic rings. The second-order valence-corrected chi connectivity index (χ2v) is 4.45. The molecule has 0 spiro atoms. The van der Waals surface area contributed by atoms with Crippen LogP contribution in [0.4, 0.5) is 0 Å². The second kappa shape index (κ2) is 4.30. The third-order valence-corrected chi connectivity index (χ3v) is 3.22. The molecular formula is C13H12O3S. The van der Waals surface area contributed by atoms with Crippen molar-refractivity contribution in [2.75, 3.05) is 0 Å². The van der Waals surface area contributed by atoms with E-state index in [0.29, 0.717) is 0 Å². The summed E-state index contributed by atoms with van der Waals surface area (Å²) in [4.78, 5) is 11.2. The summed E-state index contributed by atoms with van der Waals surface area (Å²) in [6, 6.07) is 8.40. The van der Waals surface area contributed by atoms with E-state index < -0.39 is 0 Å². The maximum atomic E-state index is 11.2. The molecule has 2 N–H and O–H groups in total. The minimum Gasteiger partial charge on any atom is -0.504 e. The lowest BCUT2D eigenvalue weighted by molar-refractivity contribution is -0.111. The van der Waals surface area contributed by atoms with E-state index in [1.54, 1.807) is 13.0 Å². The Kier molecular flexibility index (Phi) is 2.98. The molecule has 2 aromatic rings. The maximum absolute atomic E-state index is 11.2. The molecule has 0 saturated heterocycles. The molecule has 0 radical (unpaired) electrons. The summed E-state index contributed by atoms with van der Waals surface area (Å²) in [6.45, 7) is 1.77. The summed E-state index contributed by atoms with van der Waals surface area (Å²) in [5.74, 6) is -0.609. The van der Waals surface area contributed by atoms with Crippen molar-refractivity contribution < 1.29 is 15.0 Å². The Bertz CT molecular complexity index is 592. The number of rotatable bonds is 2. The van der Waals surface area contributed by atoms with Gasteiger partial charge in [-0.25, -0.2) is 0 Å². The first-order valence-electron chi connectivity index (χ1n) is 5.17. The van der Waals surface area contributed by atoms with Gasteiger partial charge in [0.05, 0.1) is 5.92 Å². The molecule has 3 nitrogen and oxygen atoms in total. The van der Waals surface area contributed by atoms with E-state index in [0.717, 1.165) is 16.3 Å². The summed E-state index contributed by atoms with van der Waals surface area (Å²) >= 11 is 3.81. The molecular weight excluding hydrogens is 236 g/mol. The lowest BCUT2D eigenvalue weighted by Gasteiger charge is -2.09. The van der Waals surface area contributed by atoms with Crippen molar-refractivity contribution >= 4 is 28.5 Å². The first-order chi connectivity index (χ1) is 7.99. The van der Waals surface area contributed by atoms with Crippen molar-refractivity contribution in [1.82, 2.24) is 0 Å². The van der Waals surface area contributed by atoms with Gasteiger partial charge in [-0.3, -0.25) is 4.79 Å².